The van der Waals surface area contributed by atoms with Crippen molar-refractivity contribution in [2.75, 3.05) is 16.7 Å². The van der Waals surface area contributed by atoms with E-state index in [-0.39, 0.29) is 23.0 Å². The van der Waals surface area contributed by atoms with Crippen molar-refractivity contribution in [3.8, 4) is 0 Å². The Morgan fingerprint density at radius 2 is 1.66 bits per heavy atom. The minimum Gasteiger partial charge on any atom is -0.326 e. The van der Waals surface area contributed by atoms with E-state index in [1.165, 1.54) is 35.6 Å². The Balaban J connectivity index is 1.68. The Labute approximate surface area is 169 Å². The van der Waals surface area contributed by atoms with Gasteiger partial charge in [-0.2, -0.15) is 0 Å². The van der Waals surface area contributed by atoms with Crippen LogP contribution in [-0.4, -0.2) is 21.4 Å². The van der Waals surface area contributed by atoms with Crippen molar-refractivity contribution < 1.29 is 17.6 Å². The van der Waals surface area contributed by atoms with Crippen molar-refractivity contribution in [1.29, 1.82) is 0 Å². The molecular weight excluding hydrogens is 391 g/mol. The number of para-hydroxylation sites is 1. The molecule has 3 aromatic rings. The molecule has 0 radical (unpaired) electrons. The molecule has 150 valence electrons. The predicted molar refractivity (Wildman–Crippen MR) is 112 cm³/mol. The number of halogens is 1. The van der Waals surface area contributed by atoms with Gasteiger partial charge in [0.05, 0.1) is 10.6 Å². The predicted octanol–water partition coefficient (Wildman–Crippen LogP) is 4.22. The summed E-state index contributed by atoms with van der Waals surface area (Å²) in [6.07, 6.45) is 0.660. The van der Waals surface area contributed by atoms with Gasteiger partial charge in [0, 0.05) is 19.2 Å². The van der Waals surface area contributed by atoms with Crippen LogP contribution in [0.2, 0.25) is 0 Å². The molecule has 3 aromatic carbocycles. The molecule has 5 nitrogen and oxygen atoms in total. The second kappa shape index (κ2) is 8.87. The molecule has 0 heterocycles. The molecule has 3 rings (SSSR count). The molecule has 0 saturated carbocycles. The SMILES string of the molecule is CN(c1ccccc1)S(=O)(=O)c1cccc(NC(=O)CCc2ccc(F)cc2)c1. The molecular formula is C22H21FN2O3S. The number of hydrogen-bond donors (Lipinski definition) is 1. The van der Waals surface area contributed by atoms with Gasteiger partial charge in [-0.1, -0.05) is 36.4 Å². The average molecular weight is 412 g/mol. The van der Waals surface area contributed by atoms with Gasteiger partial charge in [-0.3, -0.25) is 9.10 Å². The van der Waals surface area contributed by atoms with E-state index < -0.39 is 10.0 Å². The van der Waals surface area contributed by atoms with Crippen molar-refractivity contribution >= 4 is 27.3 Å². The van der Waals surface area contributed by atoms with Crippen LogP contribution in [0.4, 0.5) is 15.8 Å². The number of nitrogens with zero attached hydrogens (tertiary/aromatic N) is 1. The van der Waals surface area contributed by atoms with E-state index in [1.54, 1.807) is 48.5 Å². The van der Waals surface area contributed by atoms with E-state index >= 15 is 0 Å². The van der Waals surface area contributed by atoms with Crippen LogP contribution < -0.4 is 9.62 Å². The largest absolute Gasteiger partial charge is 0.326 e. The highest BCUT2D eigenvalue weighted by atomic mass is 32.2. The highest BCUT2D eigenvalue weighted by molar-refractivity contribution is 7.92. The minimum atomic E-state index is -3.76. The van der Waals surface area contributed by atoms with Gasteiger partial charge in [0.1, 0.15) is 5.82 Å². The zero-order valence-electron chi connectivity index (χ0n) is 15.9. The quantitative estimate of drug-likeness (QED) is 0.632. The lowest BCUT2D eigenvalue weighted by atomic mass is 10.1. The number of rotatable bonds is 7. The third-order valence-electron chi connectivity index (χ3n) is 4.45. The lowest BCUT2D eigenvalue weighted by Gasteiger charge is -2.19. The Morgan fingerprint density at radius 3 is 2.34 bits per heavy atom. The number of nitrogens with one attached hydrogen (secondary N) is 1. The molecule has 0 fully saturated rings. The van der Waals surface area contributed by atoms with Crippen molar-refractivity contribution in [3.05, 3.63) is 90.2 Å². The van der Waals surface area contributed by atoms with E-state index in [4.69, 9.17) is 0 Å². The summed E-state index contributed by atoms with van der Waals surface area (Å²) in [6, 6.07) is 20.9. The van der Waals surface area contributed by atoms with Crippen LogP contribution in [0.3, 0.4) is 0 Å². The van der Waals surface area contributed by atoms with Crippen LogP contribution in [0.25, 0.3) is 0 Å². The van der Waals surface area contributed by atoms with Crippen molar-refractivity contribution in [3.63, 3.8) is 0 Å². The molecule has 0 spiro atoms. The Hall–Kier alpha value is -3.19. The highest BCUT2D eigenvalue weighted by Crippen LogP contribution is 2.23. The molecule has 7 heteroatoms. The summed E-state index contributed by atoms with van der Waals surface area (Å²) in [5.74, 6) is -0.572. The monoisotopic (exact) mass is 412 g/mol. The molecule has 1 N–H and O–H groups in total. The number of sulfonamides is 1. The first-order chi connectivity index (χ1) is 13.9. The van der Waals surface area contributed by atoms with E-state index in [0.29, 0.717) is 17.8 Å². The summed E-state index contributed by atoms with van der Waals surface area (Å²) in [7, 11) is -2.28. The fraction of sp³-hybridized carbons (Fsp3) is 0.136. The third kappa shape index (κ3) is 5.20. The molecule has 0 aromatic heterocycles. The Morgan fingerprint density at radius 1 is 0.966 bits per heavy atom. The maximum atomic E-state index is 12.9. The lowest BCUT2D eigenvalue weighted by molar-refractivity contribution is -0.116. The van der Waals surface area contributed by atoms with Crippen LogP contribution in [0.15, 0.2) is 83.8 Å². The summed E-state index contributed by atoms with van der Waals surface area (Å²) in [5, 5.41) is 2.72. The topological polar surface area (TPSA) is 66.5 Å². The van der Waals surface area contributed by atoms with Gasteiger partial charge in [0.2, 0.25) is 5.91 Å². The number of carbonyl (C=O) groups excluding carboxylic acids is 1. The molecule has 29 heavy (non-hydrogen) atoms. The normalized spacial score (nSPS) is 11.1. The van der Waals surface area contributed by atoms with Gasteiger partial charge in [-0.05, 0) is 54.4 Å². The van der Waals surface area contributed by atoms with Gasteiger partial charge >= 0.3 is 0 Å². The van der Waals surface area contributed by atoms with Gasteiger partial charge in [0.15, 0.2) is 0 Å². The number of hydrogen-bond acceptors (Lipinski definition) is 3. The van der Waals surface area contributed by atoms with E-state index in [9.17, 15) is 17.6 Å². The maximum absolute atomic E-state index is 12.9. The summed E-state index contributed by atoms with van der Waals surface area (Å²) in [5.41, 5.74) is 1.79. The smallest absolute Gasteiger partial charge is 0.264 e. The standard InChI is InChI=1S/C22H21FN2O3S/c1-25(20-7-3-2-4-8-20)29(27,28)21-9-5-6-19(16-21)24-22(26)15-12-17-10-13-18(23)14-11-17/h2-11,13-14,16H,12,15H2,1H3,(H,24,26). The summed E-state index contributed by atoms with van der Waals surface area (Å²) >= 11 is 0. The van der Waals surface area contributed by atoms with Gasteiger partial charge in [0.25, 0.3) is 10.0 Å². The zero-order chi connectivity index (χ0) is 20.9. The Bertz CT molecular complexity index is 1080. The molecule has 0 atom stereocenters. The van der Waals surface area contributed by atoms with Crippen LogP contribution in [-0.2, 0) is 21.2 Å². The number of amides is 1. The Kier molecular flexibility index (Phi) is 6.29. The first-order valence-electron chi connectivity index (χ1n) is 9.04. The second-order valence-electron chi connectivity index (χ2n) is 6.51. The number of anilines is 2. The first-order valence-corrected chi connectivity index (χ1v) is 10.5. The fourth-order valence-electron chi connectivity index (χ4n) is 2.80. The third-order valence-corrected chi connectivity index (χ3v) is 6.23. The van der Waals surface area contributed by atoms with Gasteiger partial charge < -0.3 is 5.32 Å². The van der Waals surface area contributed by atoms with Crippen LogP contribution in [0.5, 0.6) is 0 Å². The zero-order valence-corrected chi connectivity index (χ0v) is 16.7. The lowest BCUT2D eigenvalue weighted by Crippen LogP contribution is -2.26. The summed E-state index contributed by atoms with van der Waals surface area (Å²) in [6.45, 7) is 0. The second-order valence-corrected chi connectivity index (χ2v) is 8.48. The van der Waals surface area contributed by atoms with Gasteiger partial charge in [-0.15, -0.1) is 0 Å². The molecule has 0 aliphatic heterocycles. The number of carbonyl (C=O) groups is 1. The molecule has 0 unspecified atom stereocenters. The number of aryl methyl sites for hydroxylation is 1. The van der Waals surface area contributed by atoms with Gasteiger partial charge in [-0.25, -0.2) is 12.8 Å². The molecule has 0 aliphatic carbocycles. The van der Waals surface area contributed by atoms with Crippen molar-refractivity contribution in [2.45, 2.75) is 17.7 Å². The minimum absolute atomic E-state index is 0.0835. The van der Waals surface area contributed by atoms with Crippen molar-refractivity contribution in [1.82, 2.24) is 0 Å². The average Bonchev–Trinajstić information content (AvgIpc) is 2.73. The van der Waals surface area contributed by atoms with E-state index in [1.807, 2.05) is 6.07 Å². The van der Waals surface area contributed by atoms with E-state index in [2.05, 4.69) is 5.32 Å². The summed E-state index contributed by atoms with van der Waals surface area (Å²) in [4.78, 5) is 12.3. The van der Waals surface area contributed by atoms with Crippen LogP contribution in [0, 0.1) is 5.82 Å². The molecule has 0 saturated heterocycles. The van der Waals surface area contributed by atoms with E-state index in [0.717, 1.165) is 5.56 Å². The molecule has 0 bridgehead atoms. The van der Waals surface area contributed by atoms with Crippen LogP contribution in [0.1, 0.15) is 12.0 Å². The fourth-order valence-corrected chi connectivity index (χ4v) is 4.04. The highest BCUT2D eigenvalue weighted by Gasteiger charge is 2.21. The molecule has 0 aliphatic rings. The maximum Gasteiger partial charge on any atom is 0.264 e. The van der Waals surface area contributed by atoms with Crippen LogP contribution >= 0.6 is 0 Å². The molecule has 1 amide bonds. The summed E-state index contributed by atoms with van der Waals surface area (Å²) < 4.78 is 39.9. The van der Waals surface area contributed by atoms with Crippen molar-refractivity contribution in [2.24, 2.45) is 0 Å². The first kappa shape index (κ1) is 20.5. The number of benzene rings is 3.